The van der Waals surface area contributed by atoms with Crippen molar-refractivity contribution in [3.05, 3.63) is 29.3 Å². The Kier molecular flexibility index (Phi) is 5.83. The summed E-state index contributed by atoms with van der Waals surface area (Å²) < 4.78 is 0. The third-order valence-corrected chi connectivity index (χ3v) is 3.80. The van der Waals surface area contributed by atoms with Crippen LogP contribution >= 0.6 is 0 Å². The standard InChI is InChI=1S/C15H22N2O.ClH/c1-11-7-6-8-12(2)14(11)16-15(18)13-9-4-5-10-17(13)3;/h6-8,13H,4-5,9-10H2,1-3H3,(H,16,18);1H. The first-order chi connectivity index (χ1) is 8.59. The molecule has 0 spiro atoms. The van der Waals surface area contributed by atoms with Gasteiger partial charge in [-0.25, -0.2) is 0 Å². The maximum atomic E-state index is 12.3. The number of aryl methyl sites for hydroxylation is 2. The van der Waals surface area contributed by atoms with Crippen molar-refractivity contribution < 1.29 is 18.6 Å². The first kappa shape index (κ1) is 16.0. The van der Waals surface area contributed by atoms with Crippen LogP contribution in [0.1, 0.15) is 31.8 Å². The molecule has 0 bridgehead atoms. The predicted molar refractivity (Wildman–Crippen MR) is 75.9 cm³/mol. The van der Waals surface area contributed by atoms with Crippen LogP contribution in [0.15, 0.2) is 18.2 Å². The molecular formula is C15H23ClN2O. The van der Waals surface area contributed by atoms with Gasteiger partial charge in [-0.1, -0.05) is 24.6 Å². The number of amides is 1. The molecule has 1 amide bonds. The smallest absolute Gasteiger partial charge is 1.00 e. The number of benzene rings is 1. The third-order valence-electron chi connectivity index (χ3n) is 3.80. The zero-order chi connectivity index (χ0) is 13.1. The Morgan fingerprint density at radius 3 is 2.53 bits per heavy atom. The highest BCUT2D eigenvalue weighted by Gasteiger charge is 2.26. The van der Waals surface area contributed by atoms with Crippen molar-refractivity contribution in [2.45, 2.75) is 39.2 Å². The van der Waals surface area contributed by atoms with Crippen LogP contribution in [-0.4, -0.2) is 30.4 Å². The number of likely N-dealkylation sites (N-methyl/N-ethyl adjacent to an activating group) is 1. The van der Waals surface area contributed by atoms with Crippen LogP contribution in [0, 0.1) is 13.8 Å². The van der Waals surface area contributed by atoms with Crippen LogP contribution in [0.2, 0.25) is 0 Å². The van der Waals surface area contributed by atoms with E-state index in [1.165, 1.54) is 6.42 Å². The monoisotopic (exact) mass is 282 g/mol. The first-order valence-corrected chi connectivity index (χ1v) is 6.67. The van der Waals surface area contributed by atoms with E-state index in [0.717, 1.165) is 36.2 Å². The van der Waals surface area contributed by atoms with E-state index in [4.69, 9.17) is 0 Å². The van der Waals surface area contributed by atoms with Gasteiger partial charge in [-0.2, -0.15) is 0 Å². The summed E-state index contributed by atoms with van der Waals surface area (Å²) >= 11 is 0. The third kappa shape index (κ3) is 3.71. The highest BCUT2D eigenvalue weighted by atomic mass is 35.5. The number of para-hydroxylation sites is 1. The van der Waals surface area contributed by atoms with E-state index in [9.17, 15) is 4.79 Å². The first-order valence-electron chi connectivity index (χ1n) is 6.67. The Balaban J connectivity index is 0.00000180. The van der Waals surface area contributed by atoms with Gasteiger partial charge < -0.3 is 17.7 Å². The molecule has 0 aromatic heterocycles. The average Bonchev–Trinajstić information content (AvgIpc) is 2.34. The molecule has 2 rings (SSSR count). The molecule has 3 nitrogen and oxygen atoms in total. The van der Waals surface area contributed by atoms with Gasteiger partial charge in [0.15, 0.2) is 0 Å². The molecule has 0 radical (unpaired) electrons. The van der Waals surface area contributed by atoms with Crippen molar-refractivity contribution >= 4 is 11.6 Å². The summed E-state index contributed by atoms with van der Waals surface area (Å²) in [4.78, 5) is 14.5. The van der Waals surface area contributed by atoms with E-state index in [1.807, 2.05) is 39.1 Å². The highest BCUT2D eigenvalue weighted by molar-refractivity contribution is 5.96. The molecule has 1 atom stereocenters. The molecule has 1 heterocycles. The Labute approximate surface area is 123 Å². The Morgan fingerprint density at radius 1 is 1.32 bits per heavy atom. The number of anilines is 1. The quantitative estimate of drug-likeness (QED) is 0.818. The van der Waals surface area contributed by atoms with Gasteiger partial charge in [0.1, 0.15) is 0 Å². The highest BCUT2D eigenvalue weighted by Crippen LogP contribution is 2.22. The van der Waals surface area contributed by atoms with E-state index in [0.29, 0.717) is 0 Å². The molecule has 1 aromatic rings. The van der Waals surface area contributed by atoms with Gasteiger partial charge in [-0.05, 0) is 51.4 Å². The summed E-state index contributed by atoms with van der Waals surface area (Å²) in [7, 11) is 2.04. The van der Waals surface area contributed by atoms with Crippen molar-refractivity contribution in [1.29, 1.82) is 0 Å². The van der Waals surface area contributed by atoms with Crippen molar-refractivity contribution in [1.82, 2.24) is 4.90 Å². The molecule has 19 heavy (non-hydrogen) atoms. The number of halogens is 1. The zero-order valence-electron chi connectivity index (χ0n) is 12.9. The Hall–Kier alpha value is -1.06. The fraction of sp³-hybridized carbons (Fsp3) is 0.533. The number of hydrogen-bond acceptors (Lipinski definition) is 2. The van der Waals surface area contributed by atoms with Crippen LogP contribution in [-0.2, 0) is 4.79 Å². The molecule has 0 saturated carbocycles. The number of piperidine rings is 1. The van der Waals surface area contributed by atoms with Crippen LogP contribution < -0.4 is 17.7 Å². The second-order valence-electron chi connectivity index (χ2n) is 5.25. The van der Waals surface area contributed by atoms with Gasteiger partial charge in [0.25, 0.3) is 0 Å². The van der Waals surface area contributed by atoms with E-state index < -0.39 is 0 Å². The molecule has 0 aliphatic carbocycles. The predicted octanol–water partition coefficient (Wildman–Crippen LogP) is -0.157. The van der Waals surface area contributed by atoms with Gasteiger partial charge >= 0.3 is 1.43 Å². The molecule has 1 saturated heterocycles. The van der Waals surface area contributed by atoms with Crippen LogP contribution in [0.4, 0.5) is 5.69 Å². The van der Waals surface area contributed by atoms with Crippen molar-refractivity contribution in [2.24, 2.45) is 0 Å². The molecule has 1 aliphatic rings. The SMILES string of the molecule is Cc1cccc(C)c1NC(=O)C1CCCCN1C.[Cl-].[H+]. The Bertz CT molecular complexity index is 433. The van der Waals surface area contributed by atoms with Gasteiger partial charge in [0.05, 0.1) is 6.04 Å². The number of nitrogens with zero attached hydrogens (tertiary/aromatic N) is 1. The molecule has 1 aliphatic heterocycles. The van der Waals surface area contributed by atoms with Crippen molar-refractivity contribution in [3.63, 3.8) is 0 Å². The minimum atomic E-state index is 0. The molecular weight excluding hydrogens is 260 g/mol. The van der Waals surface area contributed by atoms with Crippen molar-refractivity contribution in [3.8, 4) is 0 Å². The summed E-state index contributed by atoms with van der Waals surface area (Å²) in [6.45, 7) is 5.09. The molecule has 1 fully saturated rings. The number of rotatable bonds is 2. The van der Waals surface area contributed by atoms with Gasteiger partial charge in [-0.3, -0.25) is 9.69 Å². The fourth-order valence-corrected chi connectivity index (χ4v) is 2.62. The minimum Gasteiger partial charge on any atom is -1.00 e. The number of carbonyl (C=O) groups excluding carboxylic acids is 1. The lowest BCUT2D eigenvalue weighted by molar-refractivity contribution is -0.121. The Morgan fingerprint density at radius 2 is 1.95 bits per heavy atom. The van der Waals surface area contributed by atoms with E-state index >= 15 is 0 Å². The lowest BCUT2D eigenvalue weighted by Gasteiger charge is -2.31. The topological polar surface area (TPSA) is 32.3 Å². The molecule has 1 unspecified atom stereocenters. The van der Waals surface area contributed by atoms with E-state index in [-0.39, 0.29) is 25.8 Å². The van der Waals surface area contributed by atoms with Crippen LogP contribution in [0.3, 0.4) is 0 Å². The maximum Gasteiger partial charge on any atom is 1.00 e. The maximum absolute atomic E-state index is 12.3. The summed E-state index contributed by atoms with van der Waals surface area (Å²) in [6, 6.07) is 6.12. The molecule has 1 aromatic carbocycles. The summed E-state index contributed by atoms with van der Waals surface area (Å²) in [6.07, 6.45) is 3.31. The molecule has 1 N–H and O–H groups in total. The average molecular weight is 283 g/mol. The second kappa shape index (κ2) is 6.92. The lowest BCUT2D eigenvalue weighted by Crippen LogP contribution is -3.00. The van der Waals surface area contributed by atoms with Crippen LogP contribution in [0.5, 0.6) is 0 Å². The number of hydrogen-bond donors (Lipinski definition) is 1. The number of carbonyl (C=O) groups is 1. The zero-order valence-corrected chi connectivity index (χ0v) is 12.6. The van der Waals surface area contributed by atoms with E-state index in [2.05, 4.69) is 10.2 Å². The normalized spacial score (nSPS) is 19.6. The minimum absolute atomic E-state index is 0. The summed E-state index contributed by atoms with van der Waals surface area (Å²) in [5.74, 6) is 0.134. The summed E-state index contributed by atoms with van der Waals surface area (Å²) in [5, 5.41) is 3.10. The lowest BCUT2D eigenvalue weighted by atomic mass is 10.0. The van der Waals surface area contributed by atoms with Gasteiger partial charge in [0, 0.05) is 5.69 Å². The fourth-order valence-electron chi connectivity index (χ4n) is 2.62. The summed E-state index contributed by atoms with van der Waals surface area (Å²) in [5.41, 5.74) is 3.23. The molecule has 106 valence electrons. The van der Waals surface area contributed by atoms with E-state index in [1.54, 1.807) is 0 Å². The number of likely N-dealkylation sites (tertiary alicyclic amines) is 1. The van der Waals surface area contributed by atoms with Gasteiger partial charge in [0.2, 0.25) is 5.91 Å². The van der Waals surface area contributed by atoms with Gasteiger partial charge in [-0.15, -0.1) is 0 Å². The second-order valence-corrected chi connectivity index (χ2v) is 5.25. The number of nitrogens with one attached hydrogen (secondary N) is 1. The van der Waals surface area contributed by atoms with Crippen molar-refractivity contribution in [2.75, 3.05) is 18.9 Å². The van der Waals surface area contributed by atoms with Crippen LogP contribution in [0.25, 0.3) is 0 Å². The largest absolute Gasteiger partial charge is 1.00 e. The molecule has 4 heteroatoms.